The van der Waals surface area contributed by atoms with Gasteiger partial charge in [-0.05, 0) is 37.3 Å². The van der Waals surface area contributed by atoms with Gasteiger partial charge in [-0.1, -0.05) is 6.07 Å². The number of thiocarbonyl (C=S) groups is 1. The summed E-state index contributed by atoms with van der Waals surface area (Å²) in [5.74, 6) is -1.15. The third-order valence-corrected chi connectivity index (χ3v) is 5.66. The van der Waals surface area contributed by atoms with E-state index in [0.717, 1.165) is 0 Å². The Morgan fingerprint density at radius 1 is 1.28 bits per heavy atom. The molecule has 9 nitrogen and oxygen atoms in total. The Labute approximate surface area is 188 Å². The lowest BCUT2D eigenvalue weighted by molar-refractivity contribution is 0.0695. The zero-order chi connectivity index (χ0) is 22.8. The lowest BCUT2D eigenvalue weighted by atomic mass is 10.2. The van der Waals surface area contributed by atoms with Crippen molar-refractivity contribution in [3.8, 4) is 0 Å². The van der Waals surface area contributed by atoms with E-state index in [9.17, 15) is 19.1 Å². The first-order chi connectivity index (χ1) is 15.4. The average Bonchev–Trinajstić information content (AvgIpc) is 2.79. The first-order valence-electron chi connectivity index (χ1n) is 10.1. The molecule has 32 heavy (non-hydrogen) atoms. The molecule has 1 aliphatic rings. The Morgan fingerprint density at radius 3 is 2.69 bits per heavy atom. The number of hydrogen-bond acceptors (Lipinski definition) is 6. The normalized spacial score (nSPS) is 13.9. The standard InChI is InChI=1S/C21H21FN6O3S/c1-2-26-12-16(19(30)31)17(29)15-11-23-20(25-18(15)26)27-6-8-28(9-7-27)21(32)24-14-5-3-4-13(22)10-14/h3-5,10-12H,2,6-9H2,1H3,(H,24,32)(H,30,31). The van der Waals surface area contributed by atoms with Crippen molar-refractivity contribution >= 4 is 46.0 Å². The second-order valence-corrected chi connectivity index (χ2v) is 7.67. The van der Waals surface area contributed by atoms with Crippen LogP contribution in [0.2, 0.25) is 0 Å². The Balaban J connectivity index is 1.50. The van der Waals surface area contributed by atoms with E-state index in [2.05, 4.69) is 15.3 Å². The number of carboxylic acids is 1. The molecule has 0 bridgehead atoms. The number of halogens is 1. The van der Waals surface area contributed by atoms with Gasteiger partial charge in [0.05, 0.1) is 5.39 Å². The average molecular weight is 457 g/mol. The summed E-state index contributed by atoms with van der Waals surface area (Å²) >= 11 is 5.45. The van der Waals surface area contributed by atoms with Gasteiger partial charge in [-0.3, -0.25) is 4.79 Å². The van der Waals surface area contributed by atoms with Crippen LogP contribution in [0.15, 0.2) is 41.5 Å². The second-order valence-electron chi connectivity index (χ2n) is 7.28. The lowest BCUT2D eigenvalue weighted by Crippen LogP contribution is -2.50. The molecule has 0 spiro atoms. The van der Waals surface area contributed by atoms with Crippen LogP contribution in [0.4, 0.5) is 16.0 Å². The molecule has 0 radical (unpaired) electrons. The topological polar surface area (TPSA) is 104 Å². The fourth-order valence-corrected chi connectivity index (χ4v) is 3.89. The molecule has 1 saturated heterocycles. The summed E-state index contributed by atoms with van der Waals surface area (Å²) in [4.78, 5) is 36.7. The van der Waals surface area contributed by atoms with Crippen LogP contribution in [0.1, 0.15) is 17.3 Å². The molecular formula is C21H21FN6O3S. The summed E-state index contributed by atoms with van der Waals surface area (Å²) in [5, 5.41) is 13.0. The number of benzene rings is 1. The summed E-state index contributed by atoms with van der Waals surface area (Å²) in [5.41, 5.74) is 0.0951. The minimum atomic E-state index is -1.28. The maximum absolute atomic E-state index is 13.4. The number of piperazine rings is 1. The Hall–Kier alpha value is -3.60. The van der Waals surface area contributed by atoms with Crippen LogP contribution in [0.5, 0.6) is 0 Å². The molecule has 1 aromatic carbocycles. The number of carbonyl (C=O) groups is 1. The third-order valence-electron chi connectivity index (χ3n) is 5.30. The molecule has 166 valence electrons. The van der Waals surface area contributed by atoms with Crippen LogP contribution in [0, 0.1) is 5.82 Å². The fourth-order valence-electron chi connectivity index (χ4n) is 3.59. The molecule has 0 saturated carbocycles. The van der Waals surface area contributed by atoms with Crippen molar-refractivity contribution in [3.63, 3.8) is 0 Å². The van der Waals surface area contributed by atoms with Gasteiger partial charge in [-0.2, -0.15) is 4.98 Å². The summed E-state index contributed by atoms with van der Waals surface area (Å²) in [6, 6.07) is 6.12. The smallest absolute Gasteiger partial charge is 0.341 e. The molecular weight excluding hydrogens is 435 g/mol. The molecule has 1 aliphatic heterocycles. The molecule has 4 rings (SSSR count). The molecule has 2 aromatic heterocycles. The Morgan fingerprint density at radius 2 is 2.03 bits per heavy atom. The van der Waals surface area contributed by atoms with Crippen molar-refractivity contribution in [1.29, 1.82) is 0 Å². The largest absolute Gasteiger partial charge is 0.477 e. The van der Waals surface area contributed by atoms with Gasteiger partial charge < -0.3 is 24.8 Å². The van der Waals surface area contributed by atoms with Crippen LogP contribution in [-0.2, 0) is 6.54 Å². The molecule has 11 heteroatoms. The van der Waals surface area contributed by atoms with E-state index in [1.54, 1.807) is 16.7 Å². The van der Waals surface area contributed by atoms with Crippen molar-refractivity contribution in [2.24, 2.45) is 0 Å². The monoisotopic (exact) mass is 456 g/mol. The van der Waals surface area contributed by atoms with Crippen molar-refractivity contribution in [2.75, 3.05) is 36.4 Å². The zero-order valence-corrected chi connectivity index (χ0v) is 18.1. The fraction of sp³-hybridized carbons (Fsp3) is 0.286. The summed E-state index contributed by atoms with van der Waals surface area (Å²) < 4.78 is 15.0. The molecule has 0 aliphatic carbocycles. The van der Waals surface area contributed by atoms with Crippen LogP contribution >= 0.6 is 12.2 Å². The van der Waals surface area contributed by atoms with Crippen molar-refractivity contribution in [3.05, 3.63) is 58.3 Å². The molecule has 1 fully saturated rings. The van der Waals surface area contributed by atoms with Gasteiger partial charge in [-0.15, -0.1) is 0 Å². The number of nitrogens with zero attached hydrogens (tertiary/aromatic N) is 5. The number of rotatable bonds is 4. The number of anilines is 2. The van der Waals surface area contributed by atoms with Crippen LogP contribution in [-0.4, -0.2) is 61.8 Å². The first kappa shape index (κ1) is 21.6. The number of aromatic nitrogens is 3. The van der Waals surface area contributed by atoms with Gasteiger partial charge in [-0.25, -0.2) is 14.2 Å². The number of carboxylic acid groups (broad SMARTS) is 1. The van der Waals surface area contributed by atoms with Gasteiger partial charge in [0.15, 0.2) is 5.11 Å². The number of aryl methyl sites for hydroxylation is 1. The third kappa shape index (κ3) is 4.24. The quantitative estimate of drug-likeness (QED) is 0.572. The molecule has 0 atom stereocenters. The number of aromatic carboxylic acids is 1. The van der Waals surface area contributed by atoms with E-state index < -0.39 is 11.4 Å². The van der Waals surface area contributed by atoms with E-state index in [4.69, 9.17) is 12.2 Å². The Bertz CT molecular complexity index is 1260. The number of fused-ring (bicyclic) bond motifs is 1. The maximum atomic E-state index is 13.4. The second kappa shape index (κ2) is 8.87. The minimum Gasteiger partial charge on any atom is -0.477 e. The van der Waals surface area contributed by atoms with Crippen molar-refractivity contribution in [2.45, 2.75) is 13.5 Å². The highest BCUT2D eigenvalue weighted by molar-refractivity contribution is 7.80. The van der Waals surface area contributed by atoms with Gasteiger partial charge in [0, 0.05) is 50.8 Å². The summed E-state index contributed by atoms with van der Waals surface area (Å²) in [7, 11) is 0. The molecule has 0 amide bonds. The van der Waals surface area contributed by atoms with Gasteiger partial charge >= 0.3 is 5.97 Å². The predicted octanol–water partition coefficient (Wildman–Crippen LogP) is 2.17. The SMILES string of the molecule is CCn1cc(C(=O)O)c(=O)c2cnc(N3CCN(C(=S)Nc4cccc(F)c4)CC3)nc21. The molecule has 3 heterocycles. The predicted molar refractivity (Wildman–Crippen MR) is 123 cm³/mol. The molecule has 3 aromatic rings. The van der Waals surface area contributed by atoms with Crippen molar-refractivity contribution in [1.82, 2.24) is 19.4 Å². The van der Waals surface area contributed by atoms with Gasteiger partial charge in [0.25, 0.3) is 0 Å². The van der Waals surface area contributed by atoms with Crippen LogP contribution in [0.3, 0.4) is 0 Å². The van der Waals surface area contributed by atoms with E-state index in [1.807, 2.05) is 16.7 Å². The molecule has 0 unspecified atom stereocenters. The van der Waals surface area contributed by atoms with Crippen LogP contribution in [0.25, 0.3) is 11.0 Å². The number of pyridine rings is 1. The maximum Gasteiger partial charge on any atom is 0.341 e. The van der Waals surface area contributed by atoms with E-state index in [-0.39, 0.29) is 16.8 Å². The van der Waals surface area contributed by atoms with Gasteiger partial charge in [0.2, 0.25) is 11.4 Å². The lowest BCUT2D eigenvalue weighted by Gasteiger charge is -2.36. The summed E-state index contributed by atoms with van der Waals surface area (Å²) in [6.45, 7) is 4.73. The van der Waals surface area contributed by atoms with E-state index in [1.165, 1.54) is 24.5 Å². The minimum absolute atomic E-state index is 0.176. The van der Waals surface area contributed by atoms with E-state index in [0.29, 0.717) is 55.1 Å². The highest BCUT2D eigenvalue weighted by Crippen LogP contribution is 2.17. The number of nitrogens with one attached hydrogen (secondary N) is 1. The first-order valence-corrected chi connectivity index (χ1v) is 10.5. The summed E-state index contributed by atoms with van der Waals surface area (Å²) in [6.07, 6.45) is 2.71. The van der Waals surface area contributed by atoms with Gasteiger partial charge in [0.1, 0.15) is 17.0 Å². The highest BCUT2D eigenvalue weighted by Gasteiger charge is 2.22. The van der Waals surface area contributed by atoms with Crippen molar-refractivity contribution < 1.29 is 14.3 Å². The highest BCUT2D eigenvalue weighted by atomic mass is 32.1. The molecule has 2 N–H and O–H groups in total. The zero-order valence-electron chi connectivity index (χ0n) is 17.3. The number of hydrogen-bond donors (Lipinski definition) is 2. The Kier molecular flexibility index (Phi) is 5.99. The van der Waals surface area contributed by atoms with Crippen LogP contribution < -0.4 is 15.6 Å². The van der Waals surface area contributed by atoms with E-state index >= 15 is 0 Å².